The number of nitrogens with zero attached hydrogens (tertiary/aromatic N) is 2. The predicted octanol–water partition coefficient (Wildman–Crippen LogP) is 6.33. The highest BCUT2D eigenvalue weighted by molar-refractivity contribution is 5.44. The zero-order valence-electron chi connectivity index (χ0n) is 21.4. The van der Waals surface area contributed by atoms with Crippen molar-refractivity contribution in [2.24, 2.45) is 11.8 Å². The summed E-state index contributed by atoms with van der Waals surface area (Å²) in [4.78, 5) is 0. The molecule has 2 heterocycles. The van der Waals surface area contributed by atoms with E-state index in [2.05, 4.69) is 45.0 Å². The van der Waals surface area contributed by atoms with Gasteiger partial charge in [-0.1, -0.05) is 54.9 Å². The highest BCUT2D eigenvalue weighted by atomic mass is 16.5. The average Bonchev–Trinajstić information content (AvgIpc) is 3.26. The van der Waals surface area contributed by atoms with E-state index in [1.54, 1.807) is 12.1 Å². The highest BCUT2D eigenvalue weighted by Gasteiger charge is 2.19. The first kappa shape index (κ1) is 29.1. The normalized spacial score (nSPS) is 17.5. The van der Waals surface area contributed by atoms with Crippen molar-refractivity contribution in [3.05, 3.63) is 41.7 Å². The first-order chi connectivity index (χ1) is 14.8. The fourth-order valence-corrected chi connectivity index (χ4v) is 3.19. The van der Waals surface area contributed by atoms with E-state index in [-0.39, 0.29) is 5.75 Å². The summed E-state index contributed by atoms with van der Waals surface area (Å²) in [7, 11) is 1.93. The molecule has 1 aliphatic heterocycles. The van der Waals surface area contributed by atoms with Crippen molar-refractivity contribution in [3.8, 4) is 11.4 Å². The minimum atomic E-state index is 0.289. The molecule has 0 amide bonds. The van der Waals surface area contributed by atoms with Gasteiger partial charge in [0.1, 0.15) is 5.75 Å². The summed E-state index contributed by atoms with van der Waals surface area (Å²) in [5.41, 5.74) is 3.23. The van der Waals surface area contributed by atoms with Crippen molar-refractivity contribution in [1.82, 2.24) is 15.1 Å². The number of hydrogen-bond acceptors (Lipinski definition) is 4. The van der Waals surface area contributed by atoms with E-state index in [1.165, 1.54) is 18.4 Å². The van der Waals surface area contributed by atoms with Gasteiger partial charge in [-0.2, -0.15) is 5.10 Å². The monoisotopic (exact) mass is 433 g/mol. The molecule has 2 N–H and O–H groups in total. The molecule has 2 aromatic rings. The molecule has 0 saturated carbocycles. The number of hydrogen-bond donors (Lipinski definition) is 2. The summed E-state index contributed by atoms with van der Waals surface area (Å²) in [5.74, 6) is 2.49. The summed E-state index contributed by atoms with van der Waals surface area (Å²) in [6.07, 6.45) is 6.52. The van der Waals surface area contributed by atoms with E-state index >= 15 is 0 Å². The van der Waals surface area contributed by atoms with Crippen LogP contribution >= 0.6 is 0 Å². The maximum atomic E-state index is 9.35. The quantitative estimate of drug-likeness (QED) is 0.591. The van der Waals surface area contributed by atoms with Crippen molar-refractivity contribution >= 4 is 0 Å². The molecule has 0 radical (unpaired) electrons. The summed E-state index contributed by atoms with van der Waals surface area (Å²) in [6.45, 7) is 19.9. The molecule has 1 fully saturated rings. The third kappa shape index (κ3) is 10.8. The molecule has 5 nitrogen and oxygen atoms in total. The smallest absolute Gasteiger partial charge is 0.115 e. The maximum Gasteiger partial charge on any atom is 0.115 e. The van der Waals surface area contributed by atoms with Crippen LogP contribution in [0, 0.1) is 18.8 Å². The van der Waals surface area contributed by atoms with Gasteiger partial charge in [0.15, 0.2) is 0 Å². The standard InChI is InChI=1S/C13H16N2O.C8H16O.C3H9N.C2H6/c1-9(2)11-7-14-15(8-11)13-5-4-12(16)6-10(13)3;1-3-8-4-5-9-6-7(8)2;1-3-4-2;1-2/h4-9,16H,1-3H3;7-8H,3-6H2,1-2H3;4H,3H2,1-2H3;1-2H3/t;7-,8?;;/m.0../s1. The lowest BCUT2D eigenvalue weighted by Crippen LogP contribution is -2.24. The fourth-order valence-electron chi connectivity index (χ4n) is 3.19. The Hall–Kier alpha value is -1.85. The van der Waals surface area contributed by atoms with Crippen LogP contribution in [0.25, 0.3) is 5.69 Å². The van der Waals surface area contributed by atoms with Crippen molar-refractivity contribution in [3.63, 3.8) is 0 Å². The Morgan fingerprint density at radius 3 is 2.32 bits per heavy atom. The Morgan fingerprint density at radius 1 is 1.26 bits per heavy atom. The van der Waals surface area contributed by atoms with Crippen LogP contribution in [0.4, 0.5) is 0 Å². The Balaban J connectivity index is 0.000000506. The molecule has 178 valence electrons. The molecule has 1 saturated heterocycles. The SMILES string of the molecule is CC.CCC1CCOC[C@@H]1C.CCNC.Cc1cc(O)ccc1-n1cc(C(C)C)cn1. The van der Waals surface area contributed by atoms with Crippen LogP contribution in [-0.2, 0) is 4.74 Å². The van der Waals surface area contributed by atoms with Gasteiger partial charge in [-0.05, 0) is 74.0 Å². The summed E-state index contributed by atoms with van der Waals surface area (Å²) in [6, 6.07) is 5.30. The Kier molecular flexibility index (Phi) is 15.8. The van der Waals surface area contributed by atoms with Gasteiger partial charge in [-0.3, -0.25) is 0 Å². The number of nitrogens with one attached hydrogen (secondary N) is 1. The molecule has 1 unspecified atom stereocenters. The lowest BCUT2D eigenvalue weighted by atomic mass is 9.88. The van der Waals surface area contributed by atoms with E-state index < -0.39 is 0 Å². The van der Waals surface area contributed by atoms with E-state index in [9.17, 15) is 5.11 Å². The number of aryl methyl sites for hydroxylation is 1. The molecule has 5 heteroatoms. The van der Waals surface area contributed by atoms with Gasteiger partial charge >= 0.3 is 0 Å². The van der Waals surface area contributed by atoms with Gasteiger partial charge in [0, 0.05) is 19.4 Å². The van der Waals surface area contributed by atoms with Crippen molar-refractivity contribution in [2.75, 3.05) is 26.8 Å². The van der Waals surface area contributed by atoms with Crippen LogP contribution in [0.15, 0.2) is 30.6 Å². The van der Waals surface area contributed by atoms with Crippen LogP contribution < -0.4 is 5.32 Å². The van der Waals surface area contributed by atoms with Gasteiger partial charge in [-0.15, -0.1) is 0 Å². The molecule has 31 heavy (non-hydrogen) atoms. The van der Waals surface area contributed by atoms with Gasteiger partial charge in [-0.25, -0.2) is 4.68 Å². The summed E-state index contributed by atoms with van der Waals surface area (Å²) < 4.78 is 7.17. The number of aromatic nitrogens is 2. The van der Waals surface area contributed by atoms with Gasteiger partial charge < -0.3 is 15.2 Å². The van der Waals surface area contributed by atoms with Crippen LogP contribution in [0.3, 0.4) is 0 Å². The third-order valence-electron chi connectivity index (χ3n) is 5.39. The second-order valence-corrected chi connectivity index (χ2v) is 8.06. The van der Waals surface area contributed by atoms with Crippen molar-refractivity contribution in [2.45, 2.75) is 74.1 Å². The first-order valence-corrected chi connectivity index (χ1v) is 11.9. The predicted molar refractivity (Wildman–Crippen MR) is 133 cm³/mol. The number of phenolic OH excluding ortho intramolecular Hbond substituents is 1. The minimum absolute atomic E-state index is 0.289. The van der Waals surface area contributed by atoms with E-state index in [0.29, 0.717) is 5.92 Å². The lowest BCUT2D eigenvalue weighted by molar-refractivity contribution is 0.0232. The molecule has 0 bridgehead atoms. The third-order valence-corrected chi connectivity index (χ3v) is 5.39. The van der Waals surface area contributed by atoms with Gasteiger partial charge in [0.2, 0.25) is 0 Å². The molecule has 2 atom stereocenters. The zero-order valence-corrected chi connectivity index (χ0v) is 21.4. The number of ether oxygens (including phenoxy) is 1. The lowest BCUT2D eigenvalue weighted by Gasteiger charge is -2.27. The second kappa shape index (κ2) is 16.8. The Morgan fingerprint density at radius 2 is 1.90 bits per heavy atom. The highest BCUT2D eigenvalue weighted by Crippen LogP contribution is 2.23. The number of benzene rings is 1. The van der Waals surface area contributed by atoms with Gasteiger partial charge in [0.25, 0.3) is 0 Å². The Labute approximate surface area is 191 Å². The molecule has 1 aromatic carbocycles. The molecule has 3 rings (SSSR count). The second-order valence-electron chi connectivity index (χ2n) is 8.06. The number of phenols is 1. The molecule has 0 aliphatic carbocycles. The summed E-state index contributed by atoms with van der Waals surface area (Å²) >= 11 is 0. The molecule has 1 aromatic heterocycles. The number of rotatable bonds is 4. The topological polar surface area (TPSA) is 59.3 Å². The maximum absolute atomic E-state index is 9.35. The van der Waals surface area contributed by atoms with Crippen LogP contribution in [0.1, 0.15) is 78.4 Å². The van der Waals surface area contributed by atoms with Crippen molar-refractivity contribution < 1.29 is 9.84 Å². The first-order valence-electron chi connectivity index (χ1n) is 11.9. The van der Waals surface area contributed by atoms with Crippen molar-refractivity contribution in [1.29, 1.82) is 0 Å². The van der Waals surface area contributed by atoms with E-state index in [4.69, 9.17) is 4.74 Å². The molecule has 1 aliphatic rings. The zero-order chi connectivity index (χ0) is 23.8. The molecular weight excluding hydrogens is 386 g/mol. The Bertz CT molecular complexity index is 696. The fraction of sp³-hybridized carbons (Fsp3) is 0.654. The van der Waals surface area contributed by atoms with Crippen LogP contribution in [0.2, 0.25) is 0 Å². The minimum Gasteiger partial charge on any atom is -0.508 e. The largest absolute Gasteiger partial charge is 0.508 e. The van der Waals surface area contributed by atoms with E-state index in [1.807, 2.05) is 51.0 Å². The van der Waals surface area contributed by atoms with Crippen LogP contribution in [-0.4, -0.2) is 41.7 Å². The van der Waals surface area contributed by atoms with E-state index in [0.717, 1.165) is 42.8 Å². The number of aromatic hydroxyl groups is 1. The van der Waals surface area contributed by atoms with Gasteiger partial charge in [0.05, 0.1) is 11.9 Å². The molecule has 0 spiro atoms. The van der Waals surface area contributed by atoms with Crippen LogP contribution in [0.5, 0.6) is 5.75 Å². The molecular formula is C26H47N3O2. The average molecular weight is 434 g/mol. The summed E-state index contributed by atoms with van der Waals surface area (Å²) in [5, 5.41) is 16.6.